The zero-order chi connectivity index (χ0) is 15.7. The highest BCUT2D eigenvalue weighted by Crippen LogP contribution is 2.47. The quantitative estimate of drug-likeness (QED) is 0.487. The van der Waals surface area contributed by atoms with E-state index in [9.17, 15) is 9.59 Å². The molecule has 0 amide bonds. The van der Waals surface area contributed by atoms with Crippen molar-refractivity contribution in [1.29, 1.82) is 0 Å². The minimum absolute atomic E-state index is 0.00838. The number of benzene rings is 1. The van der Waals surface area contributed by atoms with Crippen LogP contribution in [0.25, 0.3) is 6.08 Å². The minimum atomic E-state index is -0.403. The van der Waals surface area contributed by atoms with Crippen LogP contribution in [0.3, 0.4) is 0 Å². The van der Waals surface area contributed by atoms with Crippen LogP contribution in [0.1, 0.15) is 12.0 Å². The number of carbonyl (C=O) groups excluding carboxylic acids is 2. The van der Waals surface area contributed by atoms with Crippen molar-refractivity contribution in [1.82, 2.24) is 0 Å². The Kier molecular flexibility index (Phi) is 3.84. The van der Waals surface area contributed by atoms with Crippen LogP contribution in [-0.4, -0.2) is 19.0 Å². The second kappa shape index (κ2) is 5.79. The van der Waals surface area contributed by atoms with E-state index in [-0.39, 0.29) is 23.7 Å². The molecule has 1 heterocycles. The molecule has 0 spiro atoms. The summed E-state index contributed by atoms with van der Waals surface area (Å²) in [6.45, 7) is 3.78. The molecule has 22 heavy (non-hydrogen) atoms. The summed E-state index contributed by atoms with van der Waals surface area (Å²) < 4.78 is 9.92. The Bertz CT molecular complexity index is 629. The number of cyclic esters (lactones) is 2. The number of esters is 2. The predicted octanol–water partition coefficient (Wildman–Crippen LogP) is 2.85. The van der Waals surface area contributed by atoms with Crippen molar-refractivity contribution in [3.8, 4) is 5.75 Å². The zero-order valence-electron chi connectivity index (χ0n) is 12.4. The highest BCUT2D eigenvalue weighted by atomic mass is 16.6. The second-order valence-electron chi connectivity index (χ2n) is 5.72. The lowest BCUT2D eigenvalue weighted by Gasteiger charge is -2.09. The molecular weight excluding hydrogens is 280 g/mol. The normalized spacial score (nSPS) is 30.4. The summed E-state index contributed by atoms with van der Waals surface area (Å²) in [5.41, 5.74) is 1.03. The molecule has 1 aromatic carbocycles. The van der Waals surface area contributed by atoms with E-state index in [4.69, 9.17) is 9.47 Å². The van der Waals surface area contributed by atoms with Gasteiger partial charge in [0.25, 0.3) is 0 Å². The first-order chi connectivity index (χ1) is 10.6. The predicted molar refractivity (Wildman–Crippen MR) is 81.9 cm³/mol. The van der Waals surface area contributed by atoms with Gasteiger partial charge in [-0.05, 0) is 36.0 Å². The molecule has 0 radical (unpaired) electrons. The van der Waals surface area contributed by atoms with E-state index in [2.05, 4.69) is 6.58 Å². The van der Waals surface area contributed by atoms with E-state index in [0.717, 1.165) is 17.7 Å². The van der Waals surface area contributed by atoms with E-state index in [0.29, 0.717) is 0 Å². The van der Waals surface area contributed by atoms with E-state index in [1.54, 1.807) is 13.2 Å². The van der Waals surface area contributed by atoms with Gasteiger partial charge in [0.1, 0.15) is 5.75 Å². The lowest BCUT2D eigenvalue weighted by molar-refractivity contribution is -0.154. The first kappa shape index (κ1) is 14.6. The summed E-state index contributed by atoms with van der Waals surface area (Å²) in [5, 5.41) is 0. The van der Waals surface area contributed by atoms with Crippen molar-refractivity contribution >= 4 is 18.0 Å². The molecule has 0 bridgehead atoms. The largest absolute Gasteiger partial charge is 0.497 e. The number of fused-ring (bicyclic) bond motifs is 1. The smallest absolute Gasteiger partial charge is 0.318 e. The first-order valence-corrected chi connectivity index (χ1v) is 7.34. The van der Waals surface area contributed by atoms with Gasteiger partial charge in [0, 0.05) is 0 Å². The average Bonchev–Trinajstić information content (AvgIpc) is 3.05. The van der Waals surface area contributed by atoms with Gasteiger partial charge in [0.05, 0.1) is 18.9 Å². The lowest BCUT2D eigenvalue weighted by atomic mass is 9.89. The van der Waals surface area contributed by atoms with Crippen LogP contribution in [0.4, 0.5) is 0 Å². The van der Waals surface area contributed by atoms with E-state index in [1.807, 2.05) is 36.4 Å². The molecule has 1 aliphatic heterocycles. The summed E-state index contributed by atoms with van der Waals surface area (Å²) in [4.78, 5) is 23.7. The monoisotopic (exact) mass is 298 g/mol. The molecule has 2 fully saturated rings. The summed E-state index contributed by atoms with van der Waals surface area (Å²) in [7, 11) is 1.63. The molecule has 2 unspecified atom stereocenters. The SMILES string of the molecule is C=CC1C[C@H](C=Cc2ccc(OC)cc2)C2C(=O)OC(=O)[C@H]12. The number of carbonyl (C=O) groups is 2. The molecule has 1 aliphatic carbocycles. The second-order valence-corrected chi connectivity index (χ2v) is 5.72. The third kappa shape index (κ3) is 2.45. The fourth-order valence-electron chi connectivity index (χ4n) is 3.41. The van der Waals surface area contributed by atoms with E-state index >= 15 is 0 Å². The van der Waals surface area contributed by atoms with Gasteiger partial charge in [0.15, 0.2) is 0 Å². The van der Waals surface area contributed by atoms with Crippen molar-refractivity contribution in [2.24, 2.45) is 23.7 Å². The Balaban J connectivity index is 1.79. The van der Waals surface area contributed by atoms with Crippen molar-refractivity contribution in [2.45, 2.75) is 6.42 Å². The Hall–Kier alpha value is -2.36. The maximum absolute atomic E-state index is 11.9. The number of hydrogen-bond donors (Lipinski definition) is 0. The van der Waals surface area contributed by atoms with Crippen LogP contribution in [-0.2, 0) is 14.3 Å². The van der Waals surface area contributed by atoms with Crippen LogP contribution < -0.4 is 4.74 Å². The fraction of sp³-hybridized carbons (Fsp3) is 0.333. The van der Waals surface area contributed by atoms with Crippen molar-refractivity contribution in [2.75, 3.05) is 7.11 Å². The van der Waals surface area contributed by atoms with Gasteiger partial charge in [-0.1, -0.05) is 30.4 Å². The van der Waals surface area contributed by atoms with E-state index < -0.39 is 11.9 Å². The van der Waals surface area contributed by atoms with Crippen molar-refractivity contribution in [3.05, 3.63) is 48.6 Å². The fourth-order valence-corrected chi connectivity index (χ4v) is 3.41. The number of methoxy groups -OCH3 is 1. The lowest BCUT2D eigenvalue weighted by Crippen LogP contribution is -2.19. The zero-order valence-corrected chi connectivity index (χ0v) is 12.4. The van der Waals surface area contributed by atoms with E-state index in [1.165, 1.54) is 0 Å². The maximum atomic E-state index is 11.9. The van der Waals surface area contributed by atoms with Gasteiger partial charge >= 0.3 is 11.9 Å². The minimum Gasteiger partial charge on any atom is -0.497 e. The topological polar surface area (TPSA) is 52.6 Å². The number of rotatable bonds is 4. The molecule has 4 heteroatoms. The first-order valence-electron chi connectivity index (χ1n) is 7.34. The molecule has 0 aromatic heterocycles. The molecule has 1 saturated heterocycles. The number of allylic oxidation sites excluding steroid dienone is 2. The third-order valence-electron chi connectivity index (χ3n) is 4.55. The van der Waals surface area contributed by atoms with Crippen molar-refractivity contribution in [3.63, 3.8) is 0 Å². The Labute approximate surface area is 129 Å². The van der Waals surface area contributed by atoms with Crippen LogP contribution in [0.5, 0.6) is 5.75 Å². The maximum Gasteiger partial charge on any atom is 0.318 e. The van der Waals surface area contributed by atoms with Gasteiger partial charge in [-0.3, -0.25) is 9.59 Å². The summed E-state index contributed by atoms with van der Waals surface area (Å²) in [6, 6.07) is 7.67. The molecule has 1 aromatic rings. The molecule has 1 saturated carbocycles. The third-order valence-corrected chi connectivity index (χ3v) is 4.55. The molecule has 2 aliphatic rings. The van der Waals surface area contributed by atoms with Gasteiger partial charge in [0.2, 0.25) is 0 Å². The Morgan fingerprint density at radius 2 is 1.77 bits per heavy atom. The number of hydrogen-bond acceptors (Lipinski definition) is 4. The van der Waals surface area contributed by atoms with Crippen LogP contribution >= 0.6 is 0 Å². The summed E-state index contributed by atoms with van der Waals surface area (Å²) >= 11 is 0. The average molecular weight is 298 g/mol. The Morgan fingerprint density at radius 1 is 1.14 bits per heavy atom. The summed E-state index contributed by atoms with van der Waals surface area (Å²) in [5.74, 6) is -0.720. The van der Waals surface area contributed by atoms with Gasteiger partial charge in [-0.2, -0.15) is 0 Å². The molecular formula is C18H18O4. The van der Waals surface area contributed by atoms with Crippen molar-refractivity contribution < 1.29 is 19.1 Å². The van der Waals surface area contributed by atoms with Gasteiger partial charge < -0.3 is 9.47 Å². The van der Waals surface area contributed by atoms with Crippen LogP contribution in [0, 0.1) is 23.7 Å². The molecule has 3 rings (SSSR count). The number of ether oxygens (including phenoxy) is 2. The van der Waals surface area contributed by atoms with Crippen LogP contribution in [0.15, 0.2) is 43.0 Å². The standard InChI is InChI=1S/C18H18O4/c1-3-12-10-13(16-15(12)17(19)22-18(16)20)7-4-11-5-8-14(21-2)9-6-11/h3-9,12-13,15-16H,1,10H2,2H3/t12?,13-,15+,16?/m0/s1. The molecule has 114 valence electrons. The van der Waals surface area contributed by atoms with Gasteiger partial charge in [-0.25, -0.2) is 0 Å². The van der Waals surface area contributed by atoms with Gasteiger partial charge in [-0.15, -0.1) is 6.58 Å². The molecule has 0 N–H and O–H groups in total. The molecule has 4 atom stereocenters. The Morgan fingerprint density at radius 3 is 2.36 bits per heavy atom. The van der Waals surface area contributed by atoms with Crippen LogP contribution in [0.2, 0.25) is 0 Å². The highest BCUT2D eigenvalue weighted by Gasteiger charge is 2.55. The molecule has 4 nitrogen and oxygen atoms in total. The highest BCUT2D eigenvalue weighted by molar-refractivity contribution is 5.97. The summed E-state index contributed by atoms with van der Waals surface area (Å²) in [6.07, 6.45) is 6.50.